The minimum atomic E-state index is 0.502. The van der Waals surface area contributed by atoms with E-state index >= 15 is 0 Å². The molecule has 3 rings (SSSR count). The Morgan fingerprint density at radius 2 is 1.96 bits per heavy atom. The van der Waals surface area contributed by atoms with Crippen molar-refractivity contribution in [1.82, 2.24) is 15.1 Å². The molecule has 1 aliphatic rings. The van der Waals surface area contributed by atoms with Gasteiger partial charge in [-0.25, -0.2) is 0 Å². The van der Waals surface area contributed by atoms with E-state index in [-0.39, 0.29) is 0 Å². The number of benzene rings is 1. The van der Waals surface area contributed by atoms with Crippen LogP contribution in [0.3, 0.4) is 0 Å². The molecule has 1 aliphatic heterocycles. The lowest BCUT2D eigenvalue weighted by Crippen LogP contribution is -2.34. The number of hydrogen-bond acceptors (Lipinski definition) is 5. The lowest BCUT2D eigenvalue weighted by Gasteiger charge is -2.33. The first kappa shape index (κ1) is 17.6. The highest BCUT2D eigenvalue weighted by Gasteiger charge is 2.25. The van der Waals surface area contributed by atoms with E-state index in [4.69, 9.17) is 14.2 Å². The molecule has 1 saturated heterocycles. The topological polar surface area (TPSA) is 59.6 Å². The molecular weight excluding hydrogens is 318 g/mol. The predicted molar refractivity (Wildman–Crippen MR) is 96.7 cm³/mol. The number of methoxy groups -OCH3 is 3. The van der Waals surface area contributed by atoms with Crippen LogP contribution >= 0.6 is 0 Å². The van der Waals surface area contributed by atoms with Gasteiger partial charge in [0.05, 0.1) is 27.5 Å². The number of ether oxygens (including phenoxy) is 3. The van der Waals surface area contributed by atoms with E-state index < -0.39 is 0 Å². The maximum atomic E-state index is 5.62. The summed E-state index contributed by atoms with van der Waals surface area (Å²) in [5.74, 6) is 2.59. The van der Waals surface area contributed by atoms with Crippen molar-refractivity contribution in [2.45, 2.75) is 32.2 Å². The van der Waals surface area contributed by atoms with Gasteiger partial charge in [0, 0.05) is 30.3 Å². The SMILES string of the molecule is COc1ccc(CN2CCCC(c3[nH]ncc3C)C2)c(OC)c1OC. The van der Waals surface area contributed by atoms with Gasteiger partial charge in [-0.2, -0.15) is 5.10 Å². The molecule has 1 N–H and O–H groups in total. The zero-order chi connectivity index (χ0) is 17.8. The Labute approximate surface area is 149 Å². The Morgan fingerprint density at radius 3 is 2.60 bits per heavy atom. The standard InChI is InChI=1S/C19H27N3O3/c1-13-10-20-21-17(13)14-6-5-9-22(11-14)12-15-7-8-16(23-2)19(25-4)18(15)24-3/h7-8,10,14H,5-6,9,11-12H2,1-4H3,(H,20,21). The quantitative estimate of drug-likeness (QED) is 0.872. The van der Waals surface area contributed by atoms with Gasteiger partial charge in [0.1, 0.15) is 0 Å². The molecule has 0 radical (unpaired) electrons. The van der Waals surface area contributed by atoms with Gasteiger partial charge >= 0.3 is 0 Å². The normalized spacial score (nSPS) is 18.2. The smallest absolute Gasteiger partial charge is 0.203 e. The number of rotatable bonds is 6. The van der Waals surface area contributed by atoms with E-state index in [0.717, 1.165) is 30.9 Å². The Kier molecular flexibility index (Phi) is 5.48. The third kappa shape index (κ3) is 3.58. The second-order valence-electron chi connectivity index (χ2n) is 6.53. The lowest BCUT2D eigenvalue weighted by atomic mass is 9.92. The molecule has 2 heterocycles. The summed E-state index contributed by atoms with van der Waals surface area (Å²) in [4.78, 5) is 2.47. The molecule has 1 atom stereocenters. The molecule has 0 spiro atoms. The van der Waals surface area contributed by atoms with Gasteiger partial charge in [0.15, 0.2) is 11.5 Å². The predicted octanol–water partition coefficient (Wildman–Crippen LogP) is 3.12. The Bertz CT molecular complexity index is 714. The van der Waals surface area contributed by atoms with Crippen molar-refractivity contribution in [2.75, 3.05) is 34.4 Å². The van der Waals surface area contributed by atoms with Crippen molar-refractivity contribution < 1.29 is 14.2 Å². The number of aromatic amines is 1. The van der Waals surface area contributed by atoms with E-state index in [1.807, 2.05) is 12.3 Å². The second-order valence-corrected chi connectivity index (χ2v) is 6.53. The van der Waals surface area contributed by atoms with Gasteiger partial charge in [-0.3, -0.25) is 10.00 Å². The van der Waals surface area contributed by atoms with Crippen LogP contribution in [-0.2, 0) is 6.54 Å². The maximum absolute atomic E-state index is 5.62. The van der Waals surface area contributed by atoms with Crippen LogP contribution in [0.5, 0.6) is 17.2 Å². The summed E-state index contributed by atoms with van der Waals surface area (Å²) in [7, 11) is 4.95. The van der Waals surface area contributed by atoms with Gasteiger partial charge in [-0.15, -0.1) is 0 Å². The van der Waals surface area contributed by atoms with Crippen LogP contribution < -0.4 is 14.2 Å². The van der Waals surface area contributed by atoms with Crippen molar-refractivity contribution in [3.05, 3.63) is 35.2 Å². The number of H-pyrrole nitrogens is 1. The van der Waals surface area contributed by atoms with Crippen LogP contribution in [0.1, 0.15) is 35.6 Å². The van der Waals surface area contributed by atoms with Gasteiger partial charge in [0.2, 0.25) is 5.75 Å². The van der Waals surface area contributed by atoms with Gasteiger partial charge in [-0.1, -0.05) is 6.07 Å². The molecule has 0 aliphatic carbocycles. The summed E-state index contributed by atoms with van der Waals surface area (Å²) >= 11 is 0. The van der Waals surface area contributed by atoms with Crippen LogP contribution in [0.2, 0.25) is 0 Å². The fourth-order valence-electron chi connectivity index (χ4n) is 3.73. The first-order valence-electron chi connectivity index (χ1n) is 8.68. The second kappa shape index (κ2) is 7.78. The summed E-state index contributed by atoms with van der Waals surface area (Å²) in [6.07, 6.45) is 4.28. The van der Waals surface area contributed by atoms with Gasteiger partial charge in [0.25, 0.3) is 0 Å². The zero-order valence-corrected chi connectivity index (χ0v) is 15.5. The highest BCUT2D eigenvalue weighted by molar-refractivity contribution is 5.55. The van der Waals surface area contributed by atoms with E-state index in [9.17, 15) is 0 Å². The molecule has 6 nitrogen and oxygen atoms in total. The van der Waals surface area contributed by atoms with Crippen molar-refractivity contribution in [2.24, 2.45) is 0 Å². The van der Waals surface area contributed by atoms with Crippen molar-refractivity contribution in [3.63, 3.8) is 0 Å². The molecule has 6 heteroatoms. The van der Waals surface area contributed by atoms with Crippen LogP contribution in [0, 0.1) is 6.92 Å². The third-order valence-electron chi connectivity index (χ3n) is 4.96. The summed E-state index contributed by atoms with van der Waals surface area (Å²) in [6, 6.07) is 4.00. The number of aryl methyl sites for hydroxylation is 1. The molecular formula is C19H27N3O3. The van der Waals surface area contributed by atoms with Crippen LogP contribution in [0.15, 0.2) is 18.3 Å². The zero-order valence-electron chi connectivity index (χ0n) is 15.5. The van der Waals surface area contributed by atoms with Crippen LogP contribution in [-0.4, -0.2) is 49.5 Å². The summed E-state index contributed by atoms with van der Waals surface area (Å²) in [5.41, 5.74) is 3.63. The van der Waals surface area contributed by atoms with Crippen LogP contribution in [0.4, 0.5) is 0 Å². The van der Waals surface area contributed by atoms with Crippen molar-refractivity contribution in [3.8, 4) is 17.2 Å². The number of hydrogen-bond donors (Lipinski definition) is 1. The Morgan fingerprint density at radius 1 is 1.16 bits per heavy atom. The molecule has 0 amide bonds. The first-order valence-corrected chi connectivity index (χ1v) is 8.68. The first-order chi connectivity index (χ1) is 12.2. The van der Waals surface area contributed by atoms with Gasteiger partial charge < -0.3 is 14.2 Å². The summed E-state index contributed by atoms with van der Waals surface area (Å²) in [5, 5.41) is 7.36. The lowest BCUT2D eigenvalue weighted by molar-refractivity contribution is 0.195. The van der Waals surface area contributed by atoms with E-state index in [2.05, 4.69) is 28.1 Å². The molecule has 1 unspecified atom stereocenters. The molecule has 1 fully saturated rings. The third-order valence-corrected chi connectivity index (χ3v) is 4.96. The largest absolute Gasteiger partial charge is 0.493 e. The van der Waals surface area contributed by atoms with Gasteiger partial charge in [-0.05, 0) is 37.9 Å². The number of nitrogens with zero attached hydrogens (tertiary/aromatic N) is 2. The minimum Gasteiger partial charge on any atom is -0.493 e. The molecule has 1 aromatic carbocycles. The summed E-state index contributed by atoms with van der Waals surface area (Å²) in [6.45, 7) is 5.05. The minimum absolute atomic E-state index is 0.502. The van der Waals surface area contributed by atoms with Crippen molar-refractivity contribution in [1.29, 1.82) is 0 Å². The molecule has 2 aromatic rings. The maximum Gasteiger partial charge on any atom is 0.203 e. The molecule has 1 aromatic heterocycles. The molecule has 0 saturated carbocycles. The van der Waals surface area contributed by atoms with E-state index in [1.165, 1.54) is 24.1 Å². The fraction of sp³-hybridized carbons (Fsp3) is 0.526. The Balaban J connectivity index is 1.79. The highest BCUT2D eigenvalue weighted by Crippen LogP contribution is 2.40. The monoisotopic (exact) mass is 345 g/mol. The number of likely N-dealkylation sites (tertiary alicyclic amines) is 1. The van der Waals surface area contributed by atoms with Crippen molar-refractivity contribution >= 4 is 0 Å². The Hall–Kier alpha value is -2.21. The van der Waals surface area contributed by atoms with E-state index in [1.54, 1.807) is 21.3 Å². The molecule has 0 bridgehead atoms. The fourth-order valence-corrected chi connectivity index (χ4v) is 3.73. The summed E-state index contributed by atoms with van der Waals surface area (Å²) < 4.78 is 16.5. The highest BCUT2D eigenvalue weighted by atomic mass is 16.5. The van der Waals surface area contributed by atoms with Crippen LogP contribution in [0.25, 0.3) is 0 Å². The average molecular weight is 345 g/mol. The number of aromatic nitrogens is 2. The molecule has 25 heavy (non-hydrogen) atoms. The number of piperidine rings is 1. The number of nitrogens with one attached hydrogen (secondary N) is 1. The van der Waals surface area contributed by atoms with E-state index in [0.29, 0.717) is 17.4 Å². The molecule has 136 valence electrons. The average Bonchev–Trinajstić information content (AvgIpc) is 3.07.